The van der Waals surface area contributed by atoms with Crippen molar-refractivity contribution >= 4 is 17.7 Å². The number of aromatic nitrogens is 1. The molecule has 0 amide bonds. The van der Waals surface area contributed by atoms with Crippen LogP contribution in [0.5, 0.6) is 0 Å². The Morgan fingerprint density at radius 2 is 1.93 bits per heavy atom. The van der Waals surface area contributed by atoms with Crippen LogP contribution in [0.25, 0.3) is 6.08 Å². The second-order valence-corrected chi connectivity index (χ2v) is 9.94. The van der Waals surface area contributed by atoms with Gasteiger partial charge in [-0.15, -0.1) is 0 Å². The van der Waals surface area contributed by atoms with Crippen molar-refractivity contribution in [1.29, 1.82) is 0 Å². The van der Waals surface area contributed by atoms with Crippen molar-refractivity contribution in [1.82, 2.24) is 9.88 Å². The van der Waals surface area contributed by atoms with Gasteiger partial charge < -0.3 is 14.5 Å². The molecule has 0 spiro atoms. The first-order chi connectivity index (χ1) is 14.6. The number of anilines is 1. The van der Waals surface area contributed by atoms with Crippen LogP contribution in [0, 0.1) is 29.6 Å². The van der Waals surface area contributed by atoms with Gasteiger partial charge in [0.25, 0.3) is 0 Å². The van der Waals surface area contributed by atoms with Crippen LogP contribution in [0.4, 0.5) is 5.69 Å². The number of nitrogens with zero attached hydrogens (tertiary/aromatic N) is 3. The monoisotopic (exact) mass is 409 g/mol. The summed E-state index contributed by atoms with van der Waals surface area (Å²) in [7, 11) is 2.18. The Bertz CT molecular complexity index is 784. The second-order valence-electron chi connectivity index (χ2n) is 9.94. The lowest BCUT2D eigenvalue weighted by Crippen LogP contribution is -2.44. The summed E-state index contributed by atoms with van der Waals surface area (Å²) in [4.78, 5) is 22.0. The molecule has 0 N–H and O–H groups in total. The molecule has 0 aromatic carbocycles. The molecule has 5 nitrogen and oxygen atoms in total. The number of pyridine rings is 1. The quantitative estimate of drug-likeness (QED) is 0.710. The molecule has 5 heteroatoms. The van der Waals surface area contributed by atoms with Crippen molar-refractivity contribution in [2.45, 2.75) is 45.1 Å². The molecule has 0 unspecified atom stereocenters. The highest BCUT2D eigenvalue weighted by Crippen LogP contribution is 2.53. The van der Waals surface area contributed by atoms with E-state index in [9.17, 15) is 4.79 Å². The zero-order valence-electron chi connectivity index (χ0n) is 18.4. The summed E-state index contributed by atoms with van der Waals surface area (Å²) in [6.45, 7) is 6.43. The number of rotatable bonds is 3. The van der Waals surface area contributed by atoms with Gasteiger partial charge in [0.15, 0.2) is 0 Å². The van der Waals surface area contributed by atoms with E-state index >= 15 is 0 Å². The summed E-state index contributed by atoms with van der Waals surface area (Å²) in [5.74, 6) is 2.27. The lowest BCUT2D eigenvalue weighted by atomic mass is 9.57. The molecule has 6 atom stereocenters. The van der Waals surface area contributed by atoms with Crippen LogP contribution in [-0.2, 0) is 9.53 Å². The summed E-state index contributed by atoms with van der Waals surface area (Å²) < 4.78 is 5.69. The van der Waals surface area contributed by atoms with E-state index in [1.807, 2.05) is 6.20 Å². The third-order valence-corrected chi connectivity index (χ3v) is 8.20. The molecule has 2 aliphatic carbocycles. The van der Waals surface area contributed by atoms with Gasteiger partial charge in [0.1, 0.15) is 6.10 Å². The number of carbonyl (C=O) groups excluding carboxylic acids is 1. The number of fused-ring (bicyclic) bond motifs is 2. The fraction of sp³-hybridized carbons (Fsp3) is 0.680. The maximum absolute atomic E-state index is 12.5. The smallest absolute Gasteiger partial charge is 0.309 e. The summed E-state index contributed by atoms with van der Waals surface area (Å²) in [5, 5.41) is 0. The summed E-state index contributed by atoms with van der Waals surface area (Å²) in [6, 6.07) is 4.35. The predicted molar refractivity (Wildman–Crippen MR) is 119 cm³/mol. The fourth-order valence-electron chi connectivity index (χ4n) is 6.54. The largest absolute Gasteiger partial charge is 0.462 e. The number of hydrogen-bond acceptors (Lipinski definition) is 5. The van der Waals surface area contributed by atoms with Gasteiger partial charge in [0.2, 0.25) is 0 Å². The highest BCUT2D eigenvalue weighted by molar-refractivity contribution is 5.75. The van der Waals surface area contributed by atoms with Gasteiger partial charge in [-0.05, 0) is 62.8 Å². The summed E-state index contributed by atoms with van der Waals surface area (Å²) in [6.07, 6.45) is 12.9. The third kappa shape index (κ3) is 3.77. The van der Waals surface area contributed by atoms with E-state index in [1.54, 1.807) is 0 Å². The zero-order chi connectivity index (χ0) is 20.7. The molecule has 0 bridgehead atoms. The molecule has 4 fully saturated rings. The number of allylic oxidation sites excluding steroid dienone is 1. The predicted octanol–water partition coefficient (Wildman–Crippen LogP) is 3.85. The maximum atomic E-state index is 12.5. The minimum Gasteiger partial charge on any atom is -0.462 e. The Morgan fingerprint density at radius 1 is 1.13 bits per heavy atom. The summed E-state index contributed by atoms with van der Waals surface area (Å²) in [5.41, 5.74) is 2.23. The van der Waals surface area contributed by atoms with Gasteiger partial charge in [0.05, 0.1) is 23.5 Å². The first-order valence-electron chi connectivity index (χ1n) is 11.9. The van der Waals surface area contributed by atoms with E-state index in [0.29, 0.717) is 23.7 Å². The van der Waals surface area contributed by atoms with Crippen molar-refractivity contribution in [2.24, 2.45) is 29.6 Å². The summed E-state index contributed by atoms with van der Waals surface area (Å²) >= 11 is 0. The van der Waals surface area contributed by atoms with Gasteiger partial charge >= 0.3 is 5.97 Å². The molecule has 1 aromatic heterocycles. The molecule has 5 rings (SSSR count). The molecule has 2 saturated heterocycles. The Balaban J connectivity index is 1.33. The van der Waals surface area contributed by atoms with Crippen LogP contribution in [-0.4, -0.2) is 55.2 Å². The van der Waals surface area contributed by atoms with E-state index < -0.39 is 0 Å². The van der Waals surface area contributed by atoms with Gasteiger partial charge in [-0.3, -0.25) is 9.78 Å². The van der Waals surface area contributed by atoms with Gasteiger partial charge in [-0.25, -0.2) is 0 Å². The number of carbonyl (C=O) groups is 1. The Morgan fingerprint density at radius 3 is 2.70 bits per heavy atom. The Kier molecular flexibility index (Phi) is 5.57. The zero-order valence-corrected chi connectivity index (χ0v) is 18.4. The van der Waals surface area contributed by atoms with E-state index in [2.05, 4.69) is 48.1 Å². The molecule has 0 radical (unpaired) electrons. The van der Waals surface area contributed by atoms with Crippen LogP contribution in [0.15, 0.2) is 24.4 Å². The molecule has 2 saturated carbocycles. The van der Waals surface area contributed by atoms with Crippen LogP contribution >= 0.6 is 0 Å². The molecule has 4 aliphatic rings. The van der Waals surface area contributed by atoms with Crippen LogP contribution in [0.3, 0.4) is 0 Å². The molecular formula is C25H35N3O2. The van der Waals surface area contributed by atoms with Crippen LogP contribution < -0.4 is 4.90 Å². The average Bonchev–Trinajstić information content (AvgIpc) is 3.05. The van der Waals surface area contributed by atoms with Crippen molar-refractivity contribution < 1.29 is 9.53 Å². The van der Waals surface area contributed by atoms with E-state index in [1.165, 1.54) is 31.4 Å². The third-order valence-electron chi connectivity index (χ3n) is 8.20. The fourth-order valence-corrected chi connectivity index (χ4v) is 6.54. The highest BCUT2D eigenvalue weighted by atomic mass is 16.6. The van der Waals surface area contributed by atoms with Crippen molar-refractivity contribution in [3.63, 3.8) is 0 Å². The van der Waals surface area contributed by atoms with Crippen LogP contribution in [0.1, 0.15) is 44.7 Å². The number of esters is 1. The minimum atomic E-state index is 0.0348. The maximum Gasteiger partial charge on any atom is 0.309 e. The van der Waals surface area contributed by atoms with Crippen molar-refractivity contribution in [2.75, 3.05) is 38.1 Å². The molecule has 162 valence electrons. The van der Waals surface area contributed by atoms with E-state index in [0.717, 1.165) is 38.3 Å². The molecule has 1 aromatic rings. The van der Waals surface area contributed by atoms with E-state index in [-0.39, 0.29) is 18.0 Å². The Labute approximate surface area is 180 Å². The number of cyclic esters (lactones) is 1. The standard InChI is InChI=1S/C25H35N3O2/c1-17-24-22(21-6-4-3-5-18(21)15-23(24)25(29)30-17)10-8-19-7-9-20(16-26-19)28-13-11-27(2)12-14-28/h7-10,16-18,21-24H,3-6,11-15H2,1-2H3/b10-8+/t17-,18+,21-,22+,23-,24+/m1/s1. The minimum absolute atomic E-state index is 0.0348. The lowest BCUT2D eigenvalue weighted by Gasteiger charge is -2.45. The van der Waals surface area contributed by atoms with Crippen molar-refractivity contribution in [3.05, 3.63) is 30.1 Å². The first-order valence-corrected chi connectivity index (χ1v) is 11.9. The van der Waals surface area contributed by atoms with Gasteiger partial charge in [-0.2, -0.15) is 0 Å². The normalized spacial score (nSPS) is 37.1. The van der Waals surface area contributed by atoms with Crippen molar-refractivity contribution in [3.8, 4) is 0 Å². The lowest BCUT2D eigenvalue weighted by molar-refractivity contribution is -0.144. The number of likely N-dealkylation sites (N-methyl/N-ethyl adjacent to an activating group) is 1. The molecule has 3 heterocycles. The topological polar surface area (TPSA) is 45.7 Å². The van der Waals surface area contributed by atoms with Gasteiger partial charge in [-0.1, -0.05) is 25.3 Å². The molecule has 2 aliphatic heterocycles. The average molecular weight is 410 g/mol. The number of ether oxygens (including phenoxy) is 1. The Hall–Kier alpha value is -1.88. The van der Waals surface area contributed by atoms with Crippen LogP contribution in [0.2, 0.25) is 0 Å². The molecular weight excluding hydrogens is 374 g/mol. The number of hydrogen-bond donors (Lipinski definition) is 0. The van der Waals surface area contributed by atoms with Gasteiger partial charge in [0, 0.05) is 32.1 Å². The van der Waals surface area contributed by atoms with E-state index in [4.69, 9.17) is 9.72 Å². The molecule has 30 heavy (non-hydrogen) atoms. The first kappa shape index (κ1) is 20.0. The highest BCUT2D eigenvalue weighted by Gasteiger charge is 2.53. The SMILES string of the molecule is C[C@H]1OC(=O)[C@@H]2C[C@@H]3CCCC[C@H]3[C@H](/C=C/c3ccc(N4CCN(C)CC4)cn3)[C@H]12. The second kappa shape index (κ2) is 8.33. The number of piperazine rings is 1.